The van der Waals surface area contributed by atoms with Crippen LogP contribution in [0.4, 0.5) is 0 Å². The SMILES string of the molecule is CCCCOc1nc(C)cc(C)c1CN1CCc2c(Cl)cc(C(O)CC)c(Cl)c2C1=O. The minimum absolute atomic E-state index is 0.183. The lowest BCUT2D eigenvalue weighted by Gasteiger charge is -2.31. The highest BCUT2D eigenvalue weighted by Crippen LogP contribution is 2.38. The van der Waals surface area contributed by atoms with E-state index in [9.17, 15) is 9.90 Å². The number of rotatable bonds is 8. The third-order valence-electron chi connectivity index (χ3n) is 5.75. The van der Waals surface area contributed by atoms with Crippen molar-refractivity contribution in [2.24, 2.45) is 0 Å². The predicted octanol–water partition coefficient (Wildman–Crippen LogP) is 5.83. The van der Waals surface area contributed by atoms with Crippen molar-refractivity contribution in [3.63, 3.8) is 0 Å². The lowest BCUT2D eigenvalue weighted by Crippen LogP contribution is -2.38. The number of aliphatic hydroxyl groups excluding tert-OH is 1. The molecule has 168 valence electrons. The van der Waals surface area contributed by atoms with E-state index in [-0.39, 0.29) is 5.91 Å². The highest BCUT2D eigenvalue weighted by Gasteiger charge is 2.32. The number of amides is 1. The fraction of sp³-hybridized carbons (Fsp3) is 0.500. The van der Waals surface area contributed by atoms with Crippen molar-refractivity contribution < 1.29 is 14.6 Å². The van der Waals surface area contributed by atoms with Crippen LogP contribution in [0.15, 0.2) is 12.1 Å². The van der Waals surface area contributed by atoms with Crippen LogP contribution in [-0.2, 0) is 13.0 Å². The van der Waals surface area contributed by atoms with Gasteiger partial charge in [0.1, 0.15) is 0 Å². The van der Waals surface area contributed by atoms with Gasteiger partial charge in [-0.15, -0.1) is 0 Å². The van der Waals surface area contributed by atoms with Gasteiger partial charge >= 0.3 is 0 Å². The number of ether oxygens (including phenoxy) is 1. The summed E-state index contributed by atoms with van der Waals surface area (Å²) in [6, 6.07) is 3.69. The van der Waals surface area contributed by atoms with Gasteiger partial charge in [0, 0.05) is 28.4 Å². The van der Waals surface area contributed by atoms with E-state index in [1.165, 1.54) is 0 Å². The Bertz CT molecular complexity index is 978. The molecule has 31 heavy (non-hydrogen) atoms. The zero-order chi connectivity index (χ0) is 22.7. The Morgan fingerprint density at radius 3 is 2.68 bits per heavy atom. The Morgan fingerprint density at radius 1 is 1.26 bits per heavy atom. The van der Waals surface area contributed by atoms with E-state index in [1.54, 1.807) is 11.0 Å². The van der Waals surface area contributed by atoms with Crippen molar-refractivity contribution in [3.05, 3.63) is 55.7 Å². The topological polar surface area (TPSA) is 62.7 Å². The van der Waals surface area contributed by atoms with Gasteiger partial charge in [0.25, 0.3) is 5.91 Å². The Labute approximate surface area is 194 Å². The molecule has 0 aliphatic carbocycles. The van der Waals surface area contributed by atoms with E-state index in [0.29, 0.717) is 59.6 Å². The van der Waals surface area contributed by atoms with Gasteiger partial charge in [-0.1, -0.05) is 43.5 Å². The van der Waals surface area contributed by atoms with E-state index in [1.807, 2.05) is 26.8 Å². The molecule has 3 rings (SSSR count). The summed E-state index contributed by atoms with van der Waals surface area (Å²) in [4.78, 5) is 19.8. The Hall–Kier alpha value is -1.82. The first-order chi connectivity index (χ1) is 14.8. The van der Waals surface area contributed by atoms with Crippen LogP contribution >= 0.6 is 23.2 Å². The quantitative estimate of drug-likeness (QED) is 0.499. The van der Waals surface area contributed by atoms with E-state index < -0.39 is 6.10 Å². The number of hydrogen-bond donors (Lipinski definition) is 1. The van der Waals surface area contributed by atoms with Gasteiger partial charge in [0.2, 0.25) is 5.88 Å². The van der Waals surface area contributed by atoms with Crippen LogP contribution in [-0.4, -0.2) is 34.0 Å². The fourth-order valence-electron chi connectivity index (χ4n) is 3.92. The molecule has 1 aliphatic heterocycles. The molecular formula is C24H30Cl2N2O3. The molecule has 2 aromatic rings. The van der Waals surface area contributed by atoms with Crippen LogP contribution in [0, 0.1) is 13.8 Å². The van der Waals surface area contributed by atoms with E-state index in [4.69, 9.17) is 27.9 Å². The zero-order valence-corrected chi connectivity index (χ0v) is 20.1. The molecule has 1 aliphatic rings. The number of benzene rings is 1. The third-order valence-corrected chi connectivity index (χ3v) is 6.49. The first-order valence-electron chi connectivity index (χ1n) is 10.9. The molecule has 1 aromatic heterocycles. The smallest absolute Gasteiger partial charge is 0.256 e. The van der Waals surface area contributed by atoms with Crippen molar-refractivity contribution in [2.75, 3.05) is 13.2 Å². The van der Waals surface area contributed by atoms with Crippen LogP contribution in [0.2, 0.25) is 10.0 Å². The molecule has 0 saturated carbocycles. The molecule has 1 atom stereocenters. The molecule has 0 radical (unpaired) electrons. The summed E-state index contributed by atoms with van der Waals surface area (Å²) >= 11 is 13.1. The van der Waals surface area contributed by atoms with Crippen LogP contribution in [0.25, 0.3) is 0 Å². The normalized spacial score (nSPS) is 14.5. The van der Waals surface area contributed by atoms with Crippen molar-refractivity contribution in [1.29, 1.82) is 0 Å². The van der Waals surface area contributed by atoms with Crippen molar-refractivity contribution in [1.82, 2.24) is 9.88 Å². The van der Waals surface area contributed by atoms with Gasteiger partial charge in [0.15, 0.2) is 0 Å². The molecule has 1 unspecified atom stereocenters. The molecular weight excluding hydrogens is 435 g/mol. The van der Waals surface area contributed by atoms with Crippen LogP contribution in [0.1, 0.15) is 77.5 Å². The highest BCUT2D eigenvalue weighted by atomic mass is 35.5. The van der Waals surface area contributed by atoms with Gasteiger partial charge in [-0.25, -0.2) is 4.98 Å². The average molecular weight is 465 g/mol. The highest BCUT2D eigenvalue weighted by molar-refractivity contribution is 6.37. The van der Waals surface area contributed by atoms with Crippen molar-refractivity contribution >= 4 is 29.1 Å². The summed E-state index contributed by atoms with van der Waals surface area (Å²) in [5, 5.41) is 11.1. The van der Waals surface area contributed by atoms with Gasteiger partial charge in [0.05, 0.1) is 29.8 Å². The molecule has 7 heteroatoms. The second-order valence-electron chi connectivity index (χ2n) is 8.08. The van der Waals surface area contributed by atoms with Crippen LogP contribution in [0.3, 0.4) is 0 Å². The third kappa shape index (κ3) is 5.00. The molecule has 0 spiro atoms. The van der Waals surface area contributed by atoms with E-state index >= 15 is 0 Å². The minimum Gasteiger partial charge on any atom is -0.477 e. The average Bonchev–Trinajstić information content (AvgIpc) is 2.73. The molecule has 1 amide bonds. The number of hydrogen-bond acceptors (Lipinski definition) is 4. The van der Waals surface area contributed by atoms with Gasteiger partial charge in [-0.05, 0) is 56.4 Å². The number of carbonyl (C=O) groups excluding carboxylic acids is 1. The number of nitrogens with zero attached hydrogens (tertiary/aromatic N) is 2. The molecule has 0 fully saturated rings. The number of fused-ring (bicyclic) bond motifs is 1. The number of aromatic nitrogens is 1. The summed E-state index contributed by atoms with van der Waals surface area (Å²) in [6.45, 7) is 9.42. The second-order valence-corrected chi connectivity index (χ2v) is 8.87. The summed E-state index contributed by atoms with van der Waals surface area (Å²) in [5.41, 5.74) is 4.48. The number of aliphatic hydroxyl groups is 1. The summed E-state index contributed by atoms with van der Waals surface area (Å²) in [6.07, 6.45) is 2.31. The van der Waals surface area contributed by atoms with Crippen molar-refractivity contribution in [2.45, 2.75) is 66.0 Å². The fourth-order valence-corrected chi connectivity index (χ4v) is 4.60. The van der Waals surface area contributed by atoms with Gasteiger partial charge < -0.3 is 14.7 Å². The standard InChI is InChI=1S/C24H30Cl2N2O3/c1-5-7-10-31-23-18(14(3)11-15(4)27-23)13-28-9-8-16-19(25)12-17(20(29)6-2)22(26)21(16)24(28)30/h11-12,20,29H,5-10,13H2,1-4H3. The van der Waals surface area contributed by atoms with Crippen molar-refractivity contribution in [3.8, 4) is 5.88 Å². The number of aryl methyl sites for hydroxylation is 2. The molecule has 2 heterocycles. The summed E-state index contributed by atoms with van der Waals surface area (Å²) < 4.78 is 5.96. The Balaban J connectivity index is 1.95. The molecule has 0 bridgehead atoms. The number of pyridine rings is 1. The lowest BCUT2D eigenvalue weighted by molar-refractivity contribution is 0.0724. The first-order valence-corrected chi connectivity index (χ1v) is 11.6. The molecule has 1 N–H and O–H groups in total. The Morgan fingerprint density at radius 2 is 2.00 bits per heavy atom. The summed E-state index contributed by atoms with van der Waals surface area (Å²) in [5.74, 6) is 0.404. The maximum absolute atomic E-state index is 13.4. The minimum atomic E-state index is -0.763. The van der Waals surface area contributed by atoms with Gasteiger partial charge in [-0.2, -0.15) is 0 Å². The zero-order valence-electron chi connectivity index (χ0n) is 18.6. The summed E-state index contributed by atoms with van der Waals surface area (Å²) in [7, 11) is 0. The maximum atomic E-state index is 13.4. The number of halogens is 2. The Kier molecular flexibility index (Phi) is 7.84. The largest absolute Gasteiger partial charge is 0.477 e. The molecule has 5 nitrogen and oxygen atoms in total. The molecule has 1 aromatic carbocycles. The van der Waals surface area contributed by atoms with E-state index in [2.05, 4.69) is 11.9 Å². The van der Waals surface area contributed by atoms with Crippen LogP contribution < -0.4 is 4.74 Å². The maximum Gasteiger partial charge on any atom is 0.256 e. The number of carbonyl (C=O) groups is 1. The monoisotopic (exact) mass is 464 g/mol. The second kappa shape index (κ2) is 10.2. The van der Waals surface area contributed by atoms with E-state index in [0.717, 1.165) is 35.2 Å². The molecule has 0 saturated heterocycles. The lowest BCUT2D eigenvalue weighted by atomic mass is 9.93. The predicted molar refractivity (Wildman–Crippen MR) is 124 cm³/mol. The van der Waals surface area contributed by atoms with Gasteiger partial charge in [-0.3, -0.25) is 4.79 Å². The number of unbranched alkanes of at least 4 members (excludes halogenated alkanes) is 1. The van der Waals surface area contributed by atoms with Crippen LogP contribution in [0.5, 0.6) is 5.88 Å². The first kappa shape index (κ1) is 23.8.